The maximum atomic E-state index is 13.4. The van der Waals surface area contributed by atoms with Crippen LogP contribution >= 0.6 is 0 Å². The van der Waals surface area contributed by atoms with Gasteiger partial charge in [0.25, 0.3) is 0 Å². The first-order chi connectivity index (χ1) is 18.0. The summed E-state index contributed by atoms with van der Waals surface area (Å²) in [6.07, 6.45) is 2.14. The molecule has 4 unspecified atom stereocenters. The molecule has 0 bridgehead atoms. The van der Waals surface area contributed by atoms with Crippen LogP contribution in [0.1, 0.15) is 51.5 Å². The Kier molecular flexibility index (Phi) is 12.0. The van der Waals surface area contributed by atoms with Crippen LogP contribution in [0.2, 0.25) is 0 Å². The van der Waals surface area contributed by atoms with Gasteiger partial charge < -0.3 is 37.8 Å². The average molecular weight is 532 g/mol. The number of carbonyl (C=O) groups excluding carboxylic acids is 3. The molecule has 1 aliphatic rings. The molecule has 3 amide bonds. The third-order valence-corrected chi connectivity index (χ3v) is 6.36. The third-order valence-electron chi connectivity index (χ3n) is 6.36. The molecular weight excluding hydrogens is 490 g/mol. The number of aliphatic carboxylic acids is 1. The van der Waals surface area contributed by atoms with E-state index in [0.717, 1.165) is 5.56 Å². The van der Waals surface area contributed by atoms with Gasteiger partial charge in [0.05, 0.1) is 6.04 Å². The molecule has 0 radical (unpaired) electrons. The van der Waals surface area contributed by atoms with E-state index in [1.165, 1.54) is 4.90 Å². The van der Waals surface area contributed by atoms with Crippen LogP contribution in [-0.2, 0) is 25.6 Å². The van der Waals surface area contributed by atoms with Crippen molar-refractivity contribution in [1.82, 2.24) is 15.5 Å². The van der Waals surface area contributed by atoms with Crippen LogP contribution < -0.4 is 27.8 Å². The van der Waals surface area contributed by atoms with E-state index in [-0.39, 0.29) is 31.3 Å². The van der Waals surface area contributed by atoms with Gasteiger partial charge in [-0.2, -0.15) is 0 Å². The Morgan fingerprint density at radius 1 is 1.08 bits per heavy atom. The molecule has 0 aliphatic carbocycles. The summed E-state index contributed by atoms with van der Waals surface area (Å²) >= 11 is 0. The minimum Gasteiger partial charge on any atom is -0.480 e. The number of nitrogens with zero attached hydrogens (tertiary/aromatic N) is 2. The van der Waals surface area contributed by atoms with Crippen molar-refractivity contribution in [3.05, 3.63) is 35.9 Å². The smallest absolute Gasteiger partial charge is 0.326 e. The number of nitrogens with two attached hydrogens (primary N) is 3. The number of benzene rings is 1. The van der Waals surface area contributed by atoms with E-state index in [0.29, 0.717) is 32.2 Å². The Bertz CT molecular complexity index is 981. The van der Waals surface area contributed by atoms with Crippen LogP contribution in [0.5, 0.6) is 0 Å². The summed E-state index contributed by atoms with van der Waals surface area (Å²) < 4.78 is 0. The minimum atomic E-state index is -1.07. The van der Waals surface area contributed by atoms with Gasteiger partial charge in [0.15, 0.2) is 5.96 Å². The molecule has 12 heteroatoms. The molecule has 4 atom stereocenters. The predicted octanol–water partition coefficient (Wildman–Crippen LogP) is -0.299. The summed E-state index contributed by atoms with van der Waals surface area (Å²) in [4.78, 5) is 56.5. The lowest BCUT2D eigenvalue weighted by molar-refractivity contribution is -0.149. The molecule has 38 heavy (non-hydrogen) atoms. The molecule has 1 saturated heterocycles. The fourth-order valence-corrected chi connectivity index (χ4v) is 4.46. The van der Waals surface area contributed by atoms with Crippen molar-refractivity contribution in [2.75, 3.05) is 13.1 Å². The van der Waals surface area contributed by atoms with Crippen LogP contribution in [0.15, 0.2) is 35.3 Å². The SMILES string of the molecule is CC(C)CC(NC(=O)C(CCCN=C(N)N)NC(=O)C(N)Cc1ccccc1)C(=O)N1CCCC1C(=O)O. The van der Waals surface area contributed by atoms with Crippen molar-refractivity contribution in [3.8, 4) is 0 Å². The van der Waals surface area contributed by atoms with E-state index < -0.39 is 47.9 Å². The van der Waals surface area contributed by atoms with Crippen molar-refractivity contribution in [2.24, 2.45) is 28.1 Å². The summed E-state index contributed by atoms with van der Waals surface area (Å²) in [6, 6.07) is 5.55. The zero-order valence-electron chi connectivity index (χ0n) is 22.1. The Balaban J connectivity index is 2.16. The number of aliphatic imine (C=N–C) groups is 1. The summed E-state index contributed by atoms with van der Waals surface area (Å²) in [7, 11) is 0. The largest absolute Gasteiger partial charge is 0.480 e. The van der Waals surface area contributed by atoms with E-state index in [1.807, 2.05) is 44.2 Å². The topological polar surface area (TPSA) is 206 Å². The van der Waals surface area contributed by atoms with Gasteiger partial charge in [-0.3, -0.25) is 19.4 Å². The first-order valence-corrected chi connectivity index (χ1v) is 13.0. The average Bonchev–Trinajstić information content (AvgIpc) is 3.35. The van der Waals surface area contributed by atoms with E-state index in [9.17, 15) is 24.3 Å². The fraction of sp³-hybridized carbons (Fsp3) is 0.577. The first kappa shape index (κ1) is 30.6. The number of carbonyl (C=O) groups is 4. The molecule has 1 fully saturated rings. The van der Waals surface area contributed by atoms with E-state index in [2.05, 4.69) is 15.6 Å². The Labute approximate surface area is 223 Å². The number of hydrogen-bond acceptors (Lipinski definition) is 6. The zero-order valence-corrected chi connectivity index (χ0v) is 22.1. The standard InChI is InChI=1S/C26H41N7O5/c1-16(2)14-20(24(36)33-13-7-11-21(33)25(37)38)32-23(35)19(10-6-12-30-26(28)29)31-22(34)18(27)15-17-8-4-3-5-9-17/h3-5,8-9,16,18-21H,6-7,10-15,27H2,1-2H3,(H,31,34)(H,32,35)(H,37,38)(H4,28,29,30). The molecule has 12 nitrogen and oxygen atoms in total. The number of nitrogens with one attached hydrogen (secondary N) is 2. The van der Waals surface area contributed by atoms with Crippen molar-refractivity contribution >= 4 is 29.7 Å². The zero-order chi connectivity index (χ0) is 28.2. The molecule has 1 heterocycles. The maximum absolute atomic E-state index is 13.4. The van der Waals surface area contributed by atoms with Crippen molar-refractivity contribution in [3.63, 3.8) is 0 Å². The number of amides is 3. The van der Waals surface area contributed by atoms with Gasteiger partial charge >= 0.3 is 5.97 Å². The van der Waals surface area contributed by atoms with Gasteiger partial charge in [-0.15, -0.1) is 0 Å². The van der Waals surface area contributed by atoms with Crippen LogP contribution in [0, 0.1) is 5.92 Å². The van der Waals surface area contributed by atoms with Crippen LogP contribution in [-0.4, -0.2) is 76.9 Å². The highest BCUT2D eigenvalue weighted by Crippen LogP contribution is 2.20. The van der Waals surface area contributed by atoms with Crippen LogP contribution in [0.4, 0.5) is 0 Å². The van der Waals surface area contributed by atoms with Crippen molar-refractivity contribution in [1.29, 1.82) is 0 Å². The Morgan fingerprint density at radius 3 is 2.34 bits per heavy atom. The molecule has 1 aliphatic heterocycles. The summed E-state index contributed by atoms with van der Waals surface area (Å²) in [5, 5.41) is 15.0. The molecule has 0 spiro atoms. The van der Waals surface area contributed by atoms with Gasteiger partial charge in [-0.25, -0.2) is 4.79 Å². The normalized spacial score (nSPS) is 17.4. The second kappa shape index (κ2) is 14.9. The number of hydrogen-bond donors (Lipinski definition) is 6. The predicted molar refractivity (Wildman–Crippen MR) is 144 cm³/mol. The number of carboxylic acid groups (broad SMARTS) is 1. The molecule has 2 rings (SSSR count). The maximum Gasteiger partial charge on any atom is 0.326 e. The van der Waals surface area contributed by atoms with Gasteiger partial charge in [0, 0.05) is 13.1 Å². The second-order valence-electron chi connectivity index (χ2n) is 10.0. The number of likely N-dealkylation sites (tertiary alicyclic amines) is 1. The lowest BCUT2D eigenvalue weighted by atomic mass is 10.0. The highest BCUT2D eigenvalue weighted by atomic mass is 16.4. The molecule has 0 saturated carbocycles. The Hall–Kier alpha value is -3.67. The molecule has 1 aromatic carbocycles. The van der Waals surface area contributed by atoms with Gasteiger partial charge in [-0.05, 0) is 50.0 Å². The summed E-state index contributed by atoms with van der Waals surface area (Å²) in [5.74, 6) is -2.61. The van der Waals surface area contributed by atoms with Crippen LogP contribution in [0.3, 0.4) is 0 Å². The lowest BCUT2D eigenvalue weighted by Gasteiger charge is -2.29. The summed E-state index contributed by atoms with van der Waals surface area (Å²) in [6.45, 7) is 4.37. The highest BCUT2D eigenvalue weighted by Gasteiger charge is 2.38. The number of rotatable bonds is 14. The van der Waals surface area contributed by atoms with E-state index in [1.54, 1.807) is 0 Å². The monoisotopic (exact) mass is 531 g/mol. The molecule has 210 valence electrons. The van der Waals surface area contributed by atoms with Crippen molar-refractivity contribution < 1.29 is 24.3 Å². The number of carboxylic acids is 1. The quantitative estimate of drug-likeness (QED) is 0.106. The highest BCUT2D eigenvalue weighted by molar-refractivity contribution is 5.94. The Morgan fingerprint density at radius 2 is 1.74 bits per heavy atom. The molecule has 9 N–H and O–H groups in total. The van der Waals surface area contributed by atoms with Crippen molar-refractivity contribution in [2.45, 2.75) is 76.5 Å². The second-order valence-corrected chi connectivity index (χ2v) is 10.0. The summed E-state index contributed by atoms with van der Waals surface area (Å²) in [5.41, 5.74) is 17.8. The van der Waals surface area contributed by atoms with Gasteiger partial charge in [0.2, 0.25) is 17.7 Å². The van der Waals surface area contributed by atoms with E-state index in [4.69, 9.17) is 17.2 Å². The molecule has 1 aromatic rings. The van der Waals surface area contributed by atoms with Gasteiger partial charge in [0.1, 0.15) is 18.1 Å². The molecular formula is C26H41N7O5. The third kappa shape index (κ3) is 9.66. The fourth-order valence-electron chi connectivity index (χ4n) is 4.46. The van der Waals surface area contributed by atoms with Gasteiger partial charge in [-0.1, -0.05) is 44.2 Å². The number of guanidine groups is 1. The first-order valence-electron chi connectivity index (χ1n) is 13.0. The van der Waals surface area contributed by atoms with Crippen LogP contribution in [0.25, 0.3) is 0 Å². The van der Waals surface area contributed by atoms with E-state index >= 15 is 0 Å². The minimum absolute atomic E-state index is 0.0457. The molecule has 0 aromatic heterocycles. The lowest BCUT2D eigenvalue weighted by Crippen LogP contribution is -2.57.